The van der Waals surface area contributed by atoms with E-state index in [1.54, 1.807) is 48.5 Å². The van der Waals surface area contributed by atoms with Crippen LogP contribution < -0.4 is 9.46 Å². The Balaban J connectivity index is 2.30. The van der Waals surface area contributed by atoms with Gasteiger partial charge in [-0.15, -0.1) is 0 Å². The Hall–Kier alpha value is -1.53. The van der Waals surface area contributed by atoms with Gasteiger partial charge in [-0.1, -0.05) is 28.1 Å². The van der Waals surface area contributed by atoms with E-state index in [0.717, 1.165) is 4.47 Å². The standard InChI is InChI=1S/C15H16BrNO3S/c1-11(2)20-15-6-4-3-5-14(15)17-21(18,19)13-9-7-12(16)8-10-13/h3-11,17H,1-2H3. The van der Waals surface area contributed by atoms with Crippen LogP contribution in [0, 0.1) is 0 Å². The number of para-hydroxylation sites is 2. The molecule has 1 N–H and O–H groups in total. The first-order valence-electron chi connectivity index (χ1n) is 6.42. The van der Waals surface area contributed by atoms with Gasteiger partial charge in [0, 0.05) is 4.47 Å². The van der Waals surface area contributed by atoms with Gasteiger partial charge in [-0.3, -0.25) is 4.72 Å². The van der Waals surface area contributed by atoms with E-state index in [1.165, 1.54) is 0 Å². The fourth-order valence-electron chi connectivity index (χ4n) is 1.73. The van der Waals surface area contributed by atoms with Crippen molar-refractivity contribution in [1.82, 2.24) is 0 Å². The first-order valence-corrected chi connectivity index (χ1v) is 8.70. The molecule has 0 aliphatic carbocycles. The number of ether oxygens (including phenoxy) is 1. The average molecular weight is 370 g/mol. The van der Waals surface area contributed by atoms with Crippen molar-refractivity contribution in [1.29, 1.82) is 0 Å². The second-order valence-electron chi connectivity index (χ2n) is 4.72. The molecule has 0 aliphatic heterocycles. The molecule has 21 heavy (non-hydrogen) atoms. The highest BCUT2D eigenvalue weighted by atomic mass is 79.9. The van der Waals surface area contributed by atoms with Gasteiger partial charge in [-0.2, -0.15) is 0 Å². The van der Waals surface area contributed by atoms with E-state index in [-0.39, 0.29) is 11.0 Å². The Morgan fingerprint density at radius 2 is 1.67 bits per heavy atom. The topological polar surface area (TPSA) is 55.4 Å². The predicted octanol–water partition coefficient (Wildman–Crippen LogP) is 4.04. The summed E-state index contributed by atoms with van der Waals surface area (Å²) >= 11 is 3.28. The molecule has 0 heterocycles. The Labute approximate surface area is 133 Å². The minimum absolute atomic E-state index is 0.0386. The van der Waals surface area contributed by atoms with Crippen molar-refractivity contribution in [2.45, 2.75) is 24.8 Å². The van der Waals surface area contributed by atoms with Crippen LogP contribution >= 0.6 is 15.9 Å². The largest absolute Gasteiger partial charge is 0.489 e. The van der Waals surface area contributed by atoms with Crippen LogP contribution in [0.15, 0.2) is 57.9 Å². The van der Waals surface area contributed by atoms with Crippen LogP contribution in [0.2, 0.25) is 0 Å². The van der Waals surface area contributed by atoms with E-state index in [4.69, 9.17) is 4.74 Å². The first kappa shape index (κ1) is 15.9. The lowest BCUT2D eigenvalue weighted by molar-refractivity contribution is 0.244. The Kier molecular flexibility index (Phi) is 4.90. The molecule has 0 atom stereocenters. The minimum atomic E-state index is -3.64. The van der Waals surface area contributed by atoms with Crippen LogP contribution in [0.3, 0.4) is 0 Å². The van der Waals surface area contributed by atoms with Gasteiger partial charge < -0.3 is 4.74 Å². The van der Waals surface area contributed by atoms with Crippen LogP contribution in [0.1, 0.15) is 13.8 Å². The third kappa shape index (κ3) is 4.22. The SMILES string of the molecule is CC(C)Oc1ccccc1NS(=O)(=O)c1ccc(Br)cc1. The number of hydrogen-bond acceptors (Lipinski definition) is 3. The lowest BCUT2D eigenvalue weighted by Gasteiger charge is -2.15. The molecule has 4 nitrogen and oxygen atoms in total. The summed E-state index contributed by atoms with van der Waals surface area (Å²) in [6, 6.07) is 13.4. The van der Waals surface area contributed by atoms with Gasteiger partial charge in [0.15, 0.2) is 0 Å². The van der Waals surface area contributed by atoms with Crippen molar-refractivity contribution >= 4 is 31.6 Å². The molecule has 0 amide bonds. The van der Waals surface area contributed by atoms with Crippen molar-refractivity contribution < 1.29 is 13.2 Å². The number of sulfonamides is 1. The predicted molar refractivity (Wildman–Crippen MR) is 87.2 cm³/mol. The second kappa shape index (κ2) is 6.49. The fraction of sp³-hybridized carbons (Fsp3) is 0.200. The van der Waals surface area contributed by atoms with Gasteiger partial charge in [0.1, 0.15) is 5.75 Å². The molecule has 0 fully saturated rings. The maximum absolute atomic E-state index is 12.4. The van der Waals surface area contributed by atoms with Crippen molar-refractivity contribution in [3.63, 3.8) is 0 Å². The molecule has 2 aromatic rings. The maximum Gasteiger partial charge on any atom is 0.262 e. The van der Waals surface area contributed by atoms with E-state index in [1.807, 2.05) is 13.8 Å². The molecule has 0 aliphatic rings. The number of hydrogen-bond donors (Lipinski definition) is 1. The molecule has 6 heteroatoms. The number of anilines is 1. The molecule has 0 aromatic heterocycles. The van der Waals surface area contributed by atoms with E-state index in [9.17, 15) is 8.42 Å². The van der Waals surface area contributed by atoms with E-state index in [0.29, 0.717) is 11.4 Å². The van der Waals surface area contributed by atoms with Crippen LogP contribution in [-0.4, -0.2) is 14.5 Å². The summed E-state index contributed by atoms with van der Waals surface area (Å²) < 4.78 is 33.7. The molecule has 0 bridgehead atoms. The summed E-state index contributed by atoms with van der Waals surface area (Å²) in [5, 5.41) is 0. The lowest BCUT2D eigenvalue weighted by Crippen LogP contribution is -2.15. The van der Waals surface area contributed by atoms with Crippen molar-refractivity contribution in [3.8, 4) is 5.75 Å². The highest BCUT2D eigenvalue weighted by molar-refractivity contribution is 9.10. The minimum Gasteiger partial charge on any atom is -0.489 e. The molecular weight excluding hydrogens is 354 g/mol. The summed E-state index contributed by atoms with van der Waals surface area (Å²) in [6.07, 6.45) is -0.0386. The fourth-order valence-corrected chi connectivity index (χ4v) is 3.06. The zero-order chi connectivity index (χ0) is 15.5. The highest BCUT2D eigenvalue weighted by Crippen LogP contribution is 2.27. The Bertz CT molecular complexity index is 712. The van der Waals surface area contributed by atoms with Crippen molar-refractivity contribution in [3.05, 3.63) is 53.0 Å². The molecule has 0 saturated heterocycles. The zero-order valence-electron chi connectivity index (χ0n) is 11.7. The number of nitrogens with one attached hydrogen (secondary N) is 1. The van der Waals surface area contributed by atoms with E-state index < -0.39 is 10.0 Å². The van der Waals surface area contributed by atoms with Gasteiger partial charge in [0.05, 0.1) is 16.7 Å². The monoisotopic (exact) mass is 369 g/mol. The van der Waals surface area contributed by atoms with Gasteiger partial charge in [-0.05, 0) is 50.2 Å². The molecular formula is C15H16BrNO3S. The molecule has 112 valence electrons. The summed E-state index contributed by atoms with van der Waals surface area (Å²) in [7, 11) is -3.64. The summed E-state index contributed by atoms with van der Waals surface area (Å²) in [6.45, 7) is 3.78. The zero-order valence-corrected chi connectivity index (χ0v) is 14.1. The number of benzene rings is 2. The number of halogens is 1. The molecule has 2 rings (SSSR count). The Morgan fingerprint density at radius 1 is 1.05 bits per heavy atom. The quantitative estimate of drug-likeness (QED) is 0.864. The van der Waals surface area contributed by atoms with Gasteiger partial charge >= 0.3 is 0 Å². The summed E-state index contributed by atoms with van der Waals surface area (Å²) in [4.78, 5) is 0.199. The van der Waals surface area contributed by atoms with Gasteiger partial charge in [0.2, 0.25) is 0 Å². The first-order chi connectivity index (χ1) is 9.88. The average Bonchev–Trinajstić information content (AvgIpc) is 2.40. The van der Waals surface area contributed by atoms with Crippen LogP contribution in [-0.2, 0) is 10.0 Å². The third-order valence-corrected chi connectivity index (χ3v) is 4.53. The van der Waals surface area contributed by atoms with Crippen molar-refractivity contribution in [2.24, 2.45) is 0 Å². The molecule has 0 unspecified atom stereocenters. The van der Waals surface area contributed by atoms with E-state index >= 15 is 0 Å². The van der Waals surface area contributed by atoms with Crippen LogP contribution in [0.5, 0.6) is 5.75 Å². The number of rotatable bonds is 5. The summed E-state index contributed by atoms with van der Waals surface area (Å²) in [5.74, 6) is 0.508. The van der Waals surface area contributed by atoms with E-state index in [2.05, 4.69) is 20.7 Å². The lowest BCUT2D eigenvalue weighted by atomic mass is 10.3. The van der Waals surface area contributed by atoms with Crippen LogP contribution in [0.25, 0.3) is 0 Å². The maximum atomic E-state index is 12.4. The third-order valence-electron chi connectivity index (χ3n) is 2.62. The molecule has 0 spiro atoms. The van der Waals surface area contributed by atoms with Gasteiger partial charge in [0.25, 0.3) is 10.0 Å². The van der Waals surface area contributed by atoms with Crippen molar-refractivity contribution in [2.75, 3.05) is 4.72 Å². The molecule has 0 radical (unpaired) electrons. The highest BCUT2D eigenvalue weighted by Gasteiger charge is 2.16. The van der Waals surface area contributed by atoms with Crippen LogP contribution in [0.4, 0.5) is 5.69 Å². The Morgan fingerprint density at radius 3 is 2.29 bits per heavy atom. The molecule has 0 saturated carbocycles. The molecule has 2 aromatic carbocycles. The second-order valence-corrected chi connectivity index (χ2v) is 7.32. The smallest absolute Gasteiger partial charge is 0.262 e. The summed E-state index contributed by atoms with van der Waals surface area (Å²) in [5.41, 5.74) is 0.425. The van der Waals surface area contributed by atoms with Gasteiger partial charge in [-0.25, -0.2) is 8.42 Å². The normalized spacial score (nSPS) is 11.4.